The van der Waals surface area contributed by atoms with E-state index in [4.69, 9.17) is 16.3 Å². The molecular weight excluding hydrogens is 349 g/mol. The molecule has 25 heavy (non-hydrogen) atoms. The van der Waals surface area contributed by atoms with Gasteiger partial charge in [0, 0.05) is 11.1 Å². The lowest BCUT2D eigenvalue weighted by Crippen LogP contribution is -2.34. The second-order valence-electron chi connectivity index (χ2n) is 4.84. The lowest BCUT2D eigenvalue weighted by Gasteiger charge is -2.06. The number of ether oxygens (including phenoxy) is 1. The molecule has 6 nitrogen and oxygen atoms in total. The maximum atomic E-state index is 13.5. The van der Waals surface area contributed by atoms with Gasteiger partial charge in [-0.3, -0.25) is 9.59 Å². The number of halogens is 2. The Hall–Kier alpha value is -2.93. The van der Waals surface area contributed by atoms with Crippen molar-refractivity contribution >= 4 is 29.6 Å². The highest BCUT2D eigenvalue weighted by Crippen LogP contribution is 2.16. The van der Waals surface area contributed by atoms with E-state index < -0.39 is 17.6 Å². The maximum Gasteiger partial charge on any atom is 0.259 e. The Morgan fingerprint density at radius 1 is 1.28 bits per heavy atom. The van der Waals surface area contributed by atoms with Crippen molar-refractivity contribution in [1.29, 1.82) is 0 Å². The van der Waals surface area contributed by atoms with Gasteiger partial charge in [-0.1, -0.05) is 23.7 Å². The first-order chi connectivity index (χ1) is 12.0. The number of rotatable bonds is 6. The predicted molar refractivity (Wildman–Crippen MR) is 92.5 cm³/mol. The molecule has 0 saturated heterocycles. The molecule has 130 valence electrons. The van der Waals surface area contributed by atoms with Crippen molar-refractivity contribution in [3.63, 3.8) is 0 Å². The van der Waals surface area contributed by atoms with Gasteiger partial charge in [-0.2, -0.15) is 5.10 Å². The standard InChI is InChI=1S/C17H15ClFN3O3/c1-25-12-5-2-4-11(8-12)17(24)20-10-16(23)22-21-9-13-14(18)6-3-7-15(13)19/h2-9H,10H2,1H3,(H,20,24)(H,22,23)/b21-9+. The molecule has 0 fully saturated rings. The fraction of sp³-hybridized carbons (Fsp3) is 0.118. The molecule has 0 aliphatic rings. The van der Waals surface area contributed by atoms with E-state index in [9.17, 15) is 14.0 Å². The van der Waals surface area contributed by atoms with E-state index in [0.717, 1.165) is 6.21 Å². The number of benzene rings is 2. The van der Waals surface area contributed by atoms with Gasteiger partial charge in [0.1, 0.15) is 11.6 Å². The van der Waals surface area contributed by atoms with Crippen LogP contribution in [-0.2, 0) is 4.79 Å². The number of methoxy groups -OCH3 is 1. The summed E-state index contributed by atoms with van der Waals surface area (Å²) in [6.45, 7) is -0.293. The SMILES string of the molecule is COc1cccc(C(=O)NCC(=O)N/N=C/c2c(F)cccc2Cl)c1. The van der Waals surface area contributed by atoms with Crippen molar-refractivity contribution in [3.8, 4) is 5.75 Å². The van der Waals surface area contributed by atoms with Gasteiger partial charge in [0.25, 0.3) is 11.8 Å². The van der Waals surface area contributed by atoms with E-state index >= 15 is 0 Å². The minimum absolute atomic E-state index is 0.0601. The first kappa shape index (κ1) is 18.4. The van der Waals surface area contributed by atoms with Crippen LogP contribution < -0.4 is 15.5 Å². The van der Waals surface area contributed by atoms with Crippen molar-refractivity contribution in [2.75, 3.05) is 13.7 Å². The van der Waals surface area contributed by atoms with Crippen LogP contribution in [0.4, 0.5) is 4.39 Å². The number of carbonyl (C=O) groups is 2. The summed E-state index contributed by atoms with van der Waals surface area (Å²) in [5, 5.41) is 6.23. The molecular formula is C17H15ClFN3O3. The van der Waals surface area contributed by atoms with E-state index in [1.54, 1.807) is 24.3 Å². The fourth-order valence-electron chi connectivity index (χ4n) is 1.87. The van der Waals surface area contributed by atoms with Crippen molar-refractivity contribution < 1.29 is 18.7 Å². The van der Waals surface area contributed by atoms with Crippen LogP contribution in [0, 0.1) is 5.82 Å². The topological polar surface area (TPSA) is 79.8 Å². The molecule has 0 aliphatic heterocycles. The molecule has 0 heterocycles. The first-order valence-electron chi connectivity index (χ1n) is 7.19. The van der Waals surface area contributed by atoms with Crippen LogP contribution in [0.1, 0.15) is 15.9 Å². The van der Waals surface area contributed by atoms with Gasteiger partial charge < -0.3 is 10.1 Å². The van der Waals surface area contributed by atoms with Gasteiger partial charge in [0.2, 0.25) is 0 Å². The molecule has 0 spiro atoms. The molecule has 0 bridgehead atoms. The number of hydrazone groups is 1. The number of nitrogens with zero attached hydrogens (tertiary/aromatic N) is 1. The van der Waals surface area contributed by atoms with Gasteiger partial charge >= 0.3 is 0 Å². The minimum atomic E-state index is -0.569. The fourth-order valence-corrected chi connectivity index (χ4v) is 2.08. The zero-order valence-electron chi connectivity index (χ0n) is 13.3. The van der Waals surface area contributed by atoms with Gasteiger partial charge in [-0.05, 0) is 30.3 Å². The molecule has 2 rings (SSSR count). The largest absolute Gasteiger partial charge is 0.497 e. The summed E-state index contributed by atoms with van der Waals surface area (Å²) in [7, 11) is 1.49. The molecule has 0 aromatic heterocycles. The summed E-state index contributed by atoms with van der Waals surface area (Å²) in [6.07, 6.45) is 1.10. The van der Waals surface area contributed by atoms with Crippen molar-refractivity contribution in [3.05, 3.63) is 64.4 Å². The molecule has 2 aromatic carbocycles. The van der Waals surface area contributed by atoms with Crippen molar-refractivity contribution in [2.45, 2.75) is 0 Å². The third-order valence-electron chi connectivity index (χ3n) is 3.12. The van der Waals surface area contributed by atoms with Gasteiger partial charge in [-0.25, -0.2) is 9.82 Å². The normalized spacial score (nSPS) is 10.5. The number of amides is 2. The van der Waals surface area contributed by atoms with E-state index in [-0.39, 0.29) is 17.1 Å². The highest BCUT2D eigenvalue weighted by Gasteiger charge is 2.09. The molecule has 2 aromatic rings. The molecule has 2 N–H and O–H groups in total. The van der Waals surface area contributed by atoms with E-state index in [1.165, 1.54) is 25.3 Å². The average molecular weight is 364 g/mol. The third kappa shape index (κ3) is 5.29. The molecule has 0 saturated carbocycles. The number of nitrogens with one attached hydrogen (secondary N) is 2. The van der Waals surface area contributed by atoms with Crippen LogP contribution in [0.2, 0.25) is 5.02 Å². The monoisotopic (exact) mass is 363 g/mol. The molecule has 0 unspecified atom stereocenters. The highest BCUT2D eigenvalue weighted by atomic mass is 35.5. The van der Waals surface area contributed by atoms with E-state index in [1.807, 2.05) is 0 Å². The summed E-state index contributed by atoms with van der Waals surface area (Å²) < 4.78 is 18.5. The van der Waals surface area contributed by atoms with E-state index in [2.05, 4.69) is 15.8 Å². The zero-order valence-corrected chi connectivity index (χ0v) is 14.0. The second kappa shape index (κ2) is 8.79. The Balaban J connectivity index is 1.86. The minimum Gasteiger partial charge on any atom is -0.497 e. The first-order valence-corrected chi connectivity index (χ1v) is 7.57. The Morgan fingerprint density at radius 3 is 2.76 bits per heavy atom. The van der Waals surface area contributed by atoms with Crippen LogP contribution >= 0.6 is 11.6 Å². The summed E-state index contributed by atoms with van der Waals surface area (Å²) in [4.78, 5) is 23.6. The highest BCUT2D eigenvalue weighted by molar-refractivity contribution is 6.33. The van der Waals surface area contributed by atoms with Crippen LogP contribution in [0.25, 0.3) is 0 Å². The Kier molecular flexibility index (Phi) is 6.47. The lowest BCUT2D eigenvalue weighted by atomic mass is 10.2. The summed E-state index contributed by atoms with van der Waals surface area (Å²) in [6, 6.07) is 10.7. The molecule has 0 atom stereocenters. The molecule has 0 aliphatic carbocycles. The Bertz CT molecular complexity index is 791. The second-order valence-corrected chi connectivity index (χ2v) is 5.25. The van der Waals surface area contributed by atoms with Crippen LogP contribution in [0.15, 0.2) is 47.6 Å². The summed E-state index contributed by atoms with van der Waals surface area (Å²) in [5.41, 5.74) is 2.60. The van der Waals surface area contributed by atoms with Crippen molar-refractivity contribution in [2.24, 2.45) is 5.10 Å². The summed E-state index contributed by atoms with van der Waals surface area (Å²) >= 11 is 5.83. The van der Waals surface area contributed by atoms with Gasteiger partial charge in [-0.15, -0.1) is 0 Å². The van der Waals surface area contributed by atoms with Crippen LogP contribution in [0.3, 0.4) is 0 Å². The summed E-state index contributed by atoms with van der Waals surface area (Å²) in [5.74, 6) is -1.03. The average Bonchev–Trinajstić information content (AvgIpc) is 2.62. The molecule has 0 radical (unpaired) electrons. The molecule has 8 heteroatoms. The third-order valence-corrected chi connectivity index (χ3v) is 3.45. The van der Waals surface area contributed by atoms with E-state index in [0.29, 0.717) is 11.3 Å². The quantitative estimate of drug-likeness (QED) is 0.611. The van der Waals surface area contributed by atoms with Gasteiger partial charge in [0.05, 0.1) is 24.9 Å². The number of hydrogen-bond acceptors (Lipinski definition) is 4. The molecule has 2 amide bonds. The predicted octanol–water partition coefficient (Wildman–Crippen LogP) is 2.37. The zero-order chi connectivity index (χ0) is 18.2. The maximum absolute atomic E-state index is 13.5. The lowest BCUT2D eigenvalue weighted by molar-refractivity contribution is -0.120. The number of carbonyl (C=O) groups excluding carboxylic acids is 2. The van der Waals surface area contributed by atoms with Crippen LogP contribution in [0.5, 0.6) is 5.75 Å². The van der Waals surface area contributed by atoms with Crippen LogP contribution in [-0.4, -0.2) is 31.7 Å². The Labute approximate surface area is 148 Å². The van der Waals surface area contributed by atoms with Gasteiger partial charge in [0.15, 0.2) is 0 Å². The van der Waals surface area contributed by atoms with Crippen molar-refractivity contribution in [1.82, 2.24) is 10.7 Å². The number of hydrogen-bond donors (Lipinski definition) is 2. The smallest absolute Gasteiger partial charge is 0.259 e. The Morgan fingerprint density at radius 2 is 2.04 bits per heavy atom.